The number of likely N-dealkylation sites (tertiary alicyclic amines) is 1. The molecule has 1 saturated heterocycles. The van der Waals surface area contributed by atoms with Crippen LogP contribution in [0.5, 0.6) is 0 Å². The van der Waals surface area contributed by atoms with E-state index in [4.69, 9.17) is 11.6 Å². The van der Waals surface area contributed by atoms with Gasteiger partial charge in [-0.1, -0.05) is 11.6 Å². The van der Waals surface area contributed by atoms with Crippen LogP contribution >= 0.6 is 11.6 Å². The minimum atomic E-state index is -4.68. The van der Waals surface area contributed by atoms with Crippen molar-refractivity contribution in [1.82, 2.24) is 4.90 Å². The summed E-state index contributed by atoms with van der Waals surface area (Å²) in [7, 11) is 0. The third-order valence-electron chi connectivity index (χ3n) is 4.38. The highest BCUT2D eigenvalue weighted by Crippen LogP contribution is 2.36. The number of halogens is 7. The van der Waals surface area contributed by atoms with Crippen molar-refractivity contribution in [3.05, 3.63) is 28.8 Å². The Hall–Kier alpha value is -1.48. The number of amides is 1. The van der Waals surface area contributed by atoms with Crippen LogP contribution in [0.3, 0.4) is 0 Å². The molecule has 1 fully saturated rings. The number of alkyl halides is 6. The number of rotatable bonds is 3. The van der Waals surface area contributed by atoms with E-state index in [1.54, 1.807) is 0 Å². The summed E-state index contributed by atoms with van der Waals surface area (Å²) in [5.74, 6) is -2.19. The maximum atomic E-state index is 12.9. The largest absolute Gasteiger partial charge is 0.417 e. The monoisotopic (exact) mass is 402 g/mol. The summed E-state index contributed by atoms with van der Waals surface area (Å²) < 4.78 is 77.2. The van der Waals surface area contributed by atoms with Crippen LogP contribution in [0.25, 0.3) is 0 Å². The van der Waals surface area contributed by atoms with Crippen molar-refractivity contribution in [1.29, 1.82) is 0 Å². The number of carbonyl (C=O) groups excluding carboxylic acids is 1. The molecule has 1 aliphatic heterocycles. The smallest absolute Gasteiger partial charge is 0.325 e. The Morgan fingerprint density at radius 2 is 1.92 bits per heavy atom. The van der Waals surface area contributed by atoms with Crippen LogP contribution in [-0.4, -0.2) is 36.1 Å². The molecule has 146 valence electrons. The van der Waals surface area contributed by atoms with Crippen LogP contribution in [0.15, 0.2) is 18.2 Å². The van der Waals surface area contributed by atoms with Crippen molar-refractivity contribution >= 4 is 23.2 Å². The number of hydrogen-bond acceptors (Lipinski definition) is 2. The summed E-state index contributed by atoms with van der Waals surface area (Å²) in [5, 5.41) is 1.80. The highest BCUT2D eigenvalue weighted by Gasteiger charge is 2.43. The molecule has 1 aromatic rings. The second-order valence-electron chi connectivity index (χ2n) is 6.23. The van der Waals surface area contributed by atoms with Crippen molar-refractivity contribution in [2.45, 2.75) is 38.2 Å². The van der Waals surface area contributed by atoms with E-state index in [0.717, 1.165) is 6.07 Å². The van der Waals surface area contributed by atoms with Crippen LogP contribution < -0.4 is 5.32 Å². The van der Waals surface area contributed by atoms with Crippen LogP contribution in [0.1, 0.15) is 25.3 Å². The minimum absolute atomic E-state index is 0.000462. The van der Waals surface area contributed by atoms with Gasteiger partial charge in [-0.2, -0.15) is 26.3 Å². The third kappa shape index (κ3) is 5.03. The van der Waals surface area contributed by atoms with E-state index in [2.05, 4.69) is 5.32 Å². The van der Waals surface area contributed by atoms with Crippen LogP contribution in [0.2, 0.25) is 5.02 Å². The number of anilines is 1. The molecular formula is C16H17ClF6N2O. The molecule has 2 atom stereocenters. The highest BCUT2D eigenvalue weighted by molar-refractivity contribution is 6.31. The lowest BCUT2D eigenvalue weighted by Gasteiger charge is -2.36. The molecule has 3 nitrogen and oxygen atoms in total. The summed E-state index contributed by atoms with van der Waals surface area (Å²) in [4.78, 5) is 13.7. The number of nitrogens with one attached hydrogen (secondary N) is 1. The van der Waals surface area contributed by atoms with Crippen molar-refractivity contribution in [3.8, 4) is 0 Å². The minimum Gasteiger partial charge on any atom is -0.325 e. The molecule has 0 spiro atoms. The van der Waals surface area contributed by atoms with Crippen LogP contribution in [0, 0.1) is 5.92 Å². The zero-order valence-electron chi connectivity index (χ0n) is 13.7. The fourth-order valence-corrected chi connectivity index (χ4v) is 3.08. The Labute approximate surface area is 151 Å². The summed E-state index contributed by atoms with van der Waals surface area (Å²) in [5.41, 5.74) is -1.22. The summed E-state index contributed by atoms with van der Waals surface area (Å²) in [6, 6.07) is 1.99. The molecule has 0 aliphatic carbocycles. The zero-order chi connectivity index (χ0) is 19.7. The first-order valence-electron chi connectivity index (χ1n) is 7.88. The maximum Gasteiger partial charge on any atom is 0.417 e. The van der Waals surface area contributed by atoms with Gasteiger partial charge in [-0.15, -0.1) is 0 Å². The number of benzene rings is 1. The van der Waals surface area contributed by atoms with E-state index in [-0.39, 0.29) is 18.7 Å². The number of carbonyl (C=O) groups is 1. The topological polar surface area (TPSA) is 32.3 Å². The SMILES string of the molecule is CC(C(=O)Nc1ccc(Cl)c(C(F)(F)F)c1)N1CCCC(C(F)(F)F)C1. The van der Waals surface area contributed by atoms with Gasteiger partial charge in [-0.05, 0) is 44.5 Å². The van der Waals surface area contributed by atoms with Crippen LogP contribution in [-0.2, 0) is 11.0 Å². The molecule has 2 rings (SSSR count). The Morgan fingerprint density at radius 3 is 2.50 bits per heavy atom. The van der Waals surface area contributed by atoms with E-state index < -0.39 is 40.8 Å². The highest BCUT2D eigenvalue weighted by atomic mass is 35.5. The van der Waals surface area contributed by atoms with E-state index in [9.17, 15) is 31.1 Å². The first kappa shape index (κ1) is 20.8. The van der Waals surface area contributed by atoms with Crippen molar-refractivity contribution in [3.63, 3.8) is 0 Å². The Bertz CT molecular complexity index is 661. The third-order valence-corrected chi connectivity index (χ3v) is 4.71. The quantitative estimate of drug-likeness (QED) is 0.725. The van der Waals surface area contributed by atoms with E-state index in [1.807, 2.05) is 0 Å². The first-order chi connectivity index (χ1) is 11.9. The number of hydrogen-bond donors (Lipinski definition) is 1. The fraction of sp³-hybridized carbons (Fsp3) is 0.562. The van der Waals surface area contributed by atoms with E-state index in [1.165, 1.54) is 17.9 Å². The lowest BCUT2D eigenvalue weighted by atomic mass is 9.96. The standard InChI is InChI=1S/C16H17ClF6N2O/c1-9(25-6-2-3-10(8-25)15(18,19)20)14(26)24-11-4-5-13(17)12(7-11)16(21,22)23/h4-5,7,9-10H,2-3,6,8H2,1H3,(H,24,26). The van der Waals surface area contributed by atoms with Crippen molar-refractivity contribution < 1.29 is 31.1 Å². The molecule has 2 unspecified atom stereocenters. The number of nitrogens with zero attached hydrogens (tertiary/aromatic N) is 1. The van der Waals surface area contributed by atoms with Crippen molar-refractivity contribution in [2.24, 2.45) is 5.92 Å². The first-order valence-corrected chi connectivity index (χ1v) is 8.25. The van der Waals surface area contributed by atoms with Gasteiger partial charge in [0.1, 0.15) is 0 Å². The molecule has 1 aliphatic rings. The zero-order valence-corrected chi connectivity index (χ0v) is 14.5. The molecule has 1 heterocycles. The van der Waals surface area contributed by atoms with Gasteiger partial charge >= 0.3 is 12.4 Å². The van der Waals surface area contributed by atoms with Gasteiger partial charge in [0.15, 0.2) is 0 Å². The molecule has 0 bridgehead atoms. The average molecular weight is 403 g/mol. The molecule has 0 radical (unpaired) electrons. The van der Waals surface area contributed by atoms with E-state index >= 15 is 0 Å². The normalized spacial score (nSPS) is 20.7. The van der Waals surface area contributed by atoms with Crippen molar-refractivity contribution in [2.75, 3.05) is 18.4 Å². The molecule has 10 heteroatoms. The van der Waals surface area contributed by atoms with E-state index in [0.29, 0.717) is 19.0 Å². The maximum absolute atomic E-state index is 12.9. The predicted octanol–water partition coefficient (Wildman–Crippen LogP) is 4.96. The molecule has 1 aromatic carbocycles. The fourth-order valence-electron chi connectivity index (χ4n) is 2.86. The number of piperidine rings is 1. The summed E-state index contributed by atoms with van der Waals surface area (Å²) in [6.45, 7) is 1.43. The van der Waals surface area contributed by atoms with Crippen LogP contribution in [0.4, 0.5) is 32.0 Å². The Kier molecular flexibility index (Phi) is 6.12. The van der Waals surface area contributed by atoms with Gasteiger partial charge in [-0.3, -0.25) is 9.69 Å². The Morgan fingerprint density at radius 1 is 1.27 bits per heavy atom. The molecule has 1 N–H and O–H groups in total. The molecule has 1 amide bonds. The van der Waals surface area contributed by atoms with Gasteiger partial charge in [0.25, 0.3) is 0 Å². The van der Waals surface area contributed by atoms with Gasteiger partial charge in [0, 0.05) is 12.2 Å². The second-order valence-corrected chi connectivity index (χ2v) is 6.64. The van der Waals surface area contributed by atoms with Gasteiger partial charge in [0.2, 0.25) is 5.91 Å². The molecular weight excluding hydrogens is 386 g/mol. The Balaban J connectivity index is 2.08. The summed E-state index contributed by atoms with van der Waals surface area (Å²) >= 11 is 5.51. The van der Waals surface area contributed by atoms with Gasteiger partial charge in [-0.25, -0.2) is 0 Å². The molecule has 0 aromatic heterocycles. The average Bonchev–Trinajstić information content (AvgIpc) is 2.54. The lowest BCUT2D eigenvalue weighted by Crippen LogP contribution is -2.49. The lowest BCUT2D eigenvalue weighted by molar-refractivity contribution is -0.188. The second kappa shape index (κ2) is 7.64. The molecule has 0 saturated carbocycles. The molecule has 26 heavy (non-hydrogen) atoms. The van der Waals surface area contributed by atoms with Gasteiger partial charge < -0.3 is 5.32 Å². The predicted molar refractivity (Wildman–Crippen MR) is 84.9 cm³/mol. The van der Waals surface area contributed by atoms with Gasteiger partial charge in [0.05, 0.1) is 22.5 Å². The summed E-state index contributed by atoms with van der Waals surface area (Å²) in [6.07, 6.45) is -8.73.